The molecule has 102 valence electrons. The Morgan fingerprint density at radius 2 is 1.55 bits per heavy atom. The molecule has 1 amide bonds. The predicted molar refractivity (Wildman–Crippen MR) is 81.0 cm³/mol. The van der Waals surface area contributed by atoms with Crippen LogP contribution in [0.25, 0.3) is 0 Å². The van der Waals surface area contributed by atoms with Gasteiger partial charge in [0, 0.05) is 11.8 Å². The molecule has 0 aliphatic heterocycles. The standard InChI is InChI=1S/C17H17NO2/c1-13(2)12-17(19)18-14-8-10-16(11-9-14)20-15-6-4-3-5-7-15/h3-12H,1-2H3,(H,18,19). The second-order valence-electron chi connectivity index (χ2n) is 4.65. The number of rotatable bonds is 4. The maximum absolute atomic E-state index is 11.6. The number of para-hydroxylation sites is 1. The molecule has 0 bridgehead atoms. The SMILES string of the molecule is CC(C)=CC(=O)Nc1ccc(Oc2ccccc2)cc1. The van der Waals surface area contributed by atoms with Crippen LogP contribution < -0.4 is 10.1 Å². The Morgan fingerprint density at radius 3 is 2.15 bits per heavy atom. The fraction of sp³-hybridized carbons (Fsp3) is 0.118. The number of hydrogen-bond acceptors (Lipinski definition) is 2. The third-order valence-corrected chi connectivity index (χ3v) is 2.52. The van der Waals surface area contributed by atoms with E-state index in [-0.39, 0.29) is 5.91 Å². The van der Waals surface area contributed by atoms with Gasteiger partial charge in [-0.05, 0) is 50.2 Å². The van der Waals surface area contributed by atoms with Gasteiger partial charge in [-0.15, -0.1) is 0 Å². The molecule has 2 aromatic rings. The van der Waals surface area contributed by atoms with E-state index in [1.807, 2.05) is 68.4 Å². The average Bonchev–Trinajstić information content (AvgIpc) is 2.41. The van der Waals surface area contributed by atoms with E-state index >= 15 is 0 Å². The van der Waals surface area contributed by atoms with Crippen molar-refractivity contribution in [1.82, 2.24) is 0 Å². The maximum atomic E-state index is 11.6. The lowest BCUT2D eigenvalue weighted by atomic mass is 10.2. The molecule has 0 radical (unpaired) electrons. The Bertz CT molecular complexity index is 597. The minimum absolute atomic E-state index is 0.123. The van der Waals surface area contributed by atoms with Crippen molar-refractivity contribution in [3.63, 3.8) is 0 Å². The van der Waals surface area contributed by atoms with E-state index < -0.39 is 0 Å². The molecule has 20 heavy (non-hydrogen) atoms. The van der Waals surface area contributed by atoms with Gasteiger partial charge in [-0.1, -0.05) is 23.8 Å². The first-order valence-electron chi connectivity index (χ1n) is 6.42. The largest absolute Gasteiger partial charge is 0.457 e. The average molecular weight is 267 g/mol. The number of carbonyl (C=O) groups is 1. The summed E-state index contributed by atoms with van der Waals surface area (Å²) in [6.07, 6.45) is 1.56. The Labute approximate surface area is 118 Å². The lowest BCUT2D eigenvalue weighted by molar-refractivity contribution is -0.111. The van der Waals surface area contributed by atoms with Crippen LogP contribution in [0.5, 0.6) is 11.5 Å². The molecular formula is C17H17NO2. The van der Waals surface area contributed by atoms with Crippen molar-refractivity contribution in [2.75, 3.05) is 5.32 Å². The molecule has 0 atom stereocenters. The normalized spacial score (nSPS) is 9.70. The molecule has 3 heteroatoms. The zero-order valence-electron chi connectivity index (χ0n) is 11.6. The van der Waals surface area contributed by atoms with E-state index in [1.54, 1.807) is 6.08 Å². The molecule has 0 unspecified atom stereocenters. The van der Waals surface area contributed by atoms with Crippen LogP contribution in [-0.2, 0) is 4.79 Å². The lowest BCUT2D eigenvalue weighted by Crippen LogP contribution is -2.08. The van der Waals surface area contributed by atoms with Gasteiger partial charge in [-0.3, -0.25) is 4.79 Å². The van der Waals surface area contributed by atoms with Crippen molar-refractivity contribution in [3.8, 4) is 11.5 Å². The van der Waals surface area contributed by atoms with Crippen molar-refractivity contribution in [2.24, 2.45) is 0 Å². The third kappa shape index (κ3) is 4.28. The highest BCUT2D eigenvalue weighted by Gasteiger charge is 2.00. The number of anilines is 1. The molecular weight excluding hydrogens is 250 g/mol. The van der Waals surface area contributed by atoms with Crippen LogP contribution in [0.4, 0.5) is 5.69 Å². The molecule has 2 rings (SSSR count). The molecule has 0 fully saturated rings. The van der Waals surface area contributed by atoms with Crippen molar-refractivity contribution in [1.29, 1.82) is 0 Å². The first kappa shape index (κ1) is 13.9. The summed E-state index contributed by atoms with van der Waals surface area (Å²) < 4.78 is 5.68. The fourth-order valence-corrected chi connectivity index (χ4v) is 1.67. The van der Waals surface area contributed by atoms with Crippen molar-refractivity contribution >= 4 is 11.6 Å². The van der Waals surface area contributed by atoms with Crippen LogP contribution in [0.1, 0.15) is 13.8 Å². The van der Waals surface area contributed by atoms with Gasteiger partial charge in [0.2, 0.25) is 5.91 Å². The molecule has 0 saturated heterocycles. The van der Waals surface area contributed by atoms with Crippen LogP contribution in [0, 0.1) is 0 Å². The van der Waals surface area contributed by atoms with Gasteiger partial charge >= 0.3 is 0 Å². The first-order valence-corrected chi connectivity index (χ1v) is 6.42. The molecule has 0 aliphatic carbocycles. The fourth-order valence-electron chi connectivity index (χ4n) is 1.67. The quantitative estimate of drug-likeness (QED) is 0.835. The molecule has 0 aliphatic rings. The second-order valence-corrected chi connectivity index (χ2v) is 4.65. The van der Waals surface area contributed by atoms with Gasteiger partial charge in [-0.25, -0.2) is 0 Å². The van der Waals surface area contributed by atoms with Crippen LogP contribution in [0.15, 0.2) is 66.2 Å². The van der Waals surface area contributed by atoms with E-state index in [1.165, 1.54) is 0 Å². The highest BCUT2D eigenvalue weighted by atomic mass is 16.5. The Morgan fingerprint density at radius 1 is 0.950 bits per heavy atom. The number of allylic oxidation sites excluding steroid dienone is 1. The van der Waals surface area contributed by atoms with Gasteiger partial charge in [-0.2, -0.15) is 0 Å². The third-order valence-electron chi connectivity index (χ3n) is 2.52. The van der Waals surface area contributed by atoms with Crippen LogP contribution in [0.2, 0.25) is 0 Å². The molecule has 3 nitrogen and oxygen atoms in total. The summed E-state index contributed by atoms with van der Waals surface area (Å²) >= 11 is 0. The Hall–Kier alpha value is -2.55. The number of ether oxygens (including phenoxy) is 1. The van der Waals surface area contributed by atoms with Crippen molar-refractivity contribution < 1.29 is 9.53 Å². The summed E-state index contributed by atoms with van der Waals surface area (Å²) in [7, 11) is 0. The van der Waals surface area contributed by atoms with Gasteiger partial charge in [0.1, 0.15) is 11.5 Å². The van der Waals surface area contributed by atoms with Gasteiger partial charge in [0.05, 0.1) is 0 Å². The zero-order chi connectivity index (χ0) is 14.4. The zero-order valence-corrected chi connectivity index (χ0v) is 11.6. The lowest BCUT2D eigenvalue weighted by Gasteiger charge is -2.07. The second kappa shape index (κ2) is 6.57. The minimum atomic E-state index is -0.123. The van der Waals surface area contributed by atoms with E-state index in [4.69, 9.17) is 4.74 Å². The monoisotopic (exact) mass is 267 g/mol. The smallest absolute Gasteiger partial charge is 0.248 e. The molecule has 0 heterocycles. The topological polar surface area (TPSA) is 38.3 Å². The predicted octanol–water partition coefficient (Wildman–Crippen LogP) is 4.38. The first-order chi connectivity index (χ1) is 9.63. The minimum Gasteiger partial charge on any atom is -0.457 e. The summed E-state index contributed by atoms with van der Waals surface area (Å²) in [6.45, 7) is 3.77. The summed E-state index contributed by atoms with van der Waals surface area (Å²) in [5.74, 6) is 1.40. The summed E-state index contributed by atoms with van der Waals surface area (Å²) in [5.41, 5.74) is 1.71. The summed E-state index contributed by atoms with van der Waals surface area (Å²) in [5, 5.41) is 2.79. The van der Waals surface area contributed by atoms with E-state index in [2.05, 4.69) is 5.32 Å². The summed E-state index contributed by atoms with van der Waals surface area (Å²) in [4.78, 5) is 11.6. The van der Waals surface area contributed by atoms with E-state index in [0.29, 0.717) is 0 Å². The number of amides is 1. The molecule has 0 saturated carbocycles. The van der Waals surface area contributed by atoms with Gasteiger partial charge < -0.3 is 10.1 Å². The molecule has 2 aromatic carbocycles. The van der Waals surface area contributed by atoms with Crippen molar-refractivity contribution in [3.05, 3.63) is 66.2 Å². The number of nitrogens with one attached hydrogen (secondary N) is 1. The van der Waals surface area contributed by atoms with Crippen molar-refractivity contribution in [2.45, 2.75) is 13.8 Å². The highest BCUT2D eigenvalue weighted by Crippen LogP contribution is 2.22. The molecule has 0 aromatic heterocycles. The number of carbonyl (C=O) groups excluding carboxylic acids is 1. The summed E-state index contributed by atoms with van der Waals surface area (Å²) in [6, 6.07) is 16.8. The maximum Gasteiger partial charge on any atom is 0.248 e. The van der Waals surface area contributed by atoms with Crippen LogP contribution in [-0.4, -0.2) is 5.91 Å². The Balaban J connectivity index is 2.00. The van der Waals surface area contributed by atoms with Crippen LogP contribution in [0.3, 0.4) is 0 Å². The van der Waals surface area contributed by atoms with Gasteiger partial charge in [0.25, 0.3) is 0 Å². The van der Waals surface area contributed by atoms with Gasteiger partial charge in [0.15, 0.2) is 0 Å². The van der Waals surface area contributed by atoms with E-state index in [9.17, 15) is 4.79 Å². The number of hydrogen-bond donors (Lipinski definition) is 1. The molecule has 0 spiro atoms. The Kier molecular flexibility index (Phi) is 4.56. The highest BCUT2D eigenvalue weighted by molar-refractivity contribution is 5.99. The number of benzene rings is 2. The molecule has 1 N–H and O–H groups in total. The van der Waals surface area contributed by atoms with Crippen LogP contribution >= 0.6 is 0 Å². The van der Waals surface area contributed by atoms with E-state index in [0.717, 1.165) is 22.8 Å².